The zero-order valence-electron chi connectivity index (χ0n) is 20.5. The molecule has 4 aromatic carbocycles. The van der Waals surface area contributed by atoms with E-state index in [0.29, 0.717) is 11.5 Å². The Balaban J connectivity index is 0.00000253. The van der Waals surface area contributed by atoms with Crippen molar-refractivity contribution in [3.63, 3.8) is 0 Å². The van der Waals surface area contributed by atoms with Crippen LogP contribution in [0.1, 0.15) is 0 Å². The van der Waals surface area contributed by atoms with Crippen LogP contribution in [0.4, 0.5) is 0 Å². The molecule has 0 aliphatic rings. The van der Waals surface area contributed by atoms with Crippen molar-refractivity contribution in [2.24, 2.45) is 0 Å². The van der Waals surface area contributed by atoms with E-state index < -0.39 is 0 Å². The van der Waals surface area contributed by atoms with Gasteiger partial charge in [0.2, 0.25) is 0 Å². The van der Waals surface area contributed by atoms with E-state index in [1.165, 1.54) is 32.6 Å². The largest absolute Gasteiger partial charge is 2.00 e. The predicted molar refractivity (Wildman–Crippen MR) is 152 cm³/mol. The molecule has 0 radical (unpaired) electrons. The molecule has 0 aliphatic heterocycles. The fraction of sp³-hybridized carbons (Fsp3) is 0. The zero-order valence-corrected chi connectivity index (χ0v) is 22.8. The van der Waals surface area contributed by atoms with Crippen molar-refractivity contribution in [2.75, 3.05) is 0 Å². The van der Waals surface area contributed by atoms with Gasteiger partial charge in [-0.3, -0.25) is 0 Å². The molecule has 0 atom stereocenters. The molecule has 5 heteroatoms. The number of para-hydroxylation sites is 2. The molecular weight excluding hydrogens is 661 g/mol. The summed E-state index contributed by atoms with van der Waals surface area (Å²) in [7, 11) is 0. The number of fused-ring (bicyclic) bond motifs is 6. The summed E-state index contributed by atoms with van der Waals surface area (Å²) >= 11 is 0. The first-order valence-electron chi connectivity index (χ1n) is 12.5. The summed E-state index contributed by atoms with van der Waals surface area (Å²) in [5.41, 5.74) is 6.96. The molecule has 0 saturated heterocycles. The zero-order chi connectivity index (χ0) is 25.1. The number of ether oxygens (including phenoxy) is 1. The maximum atomic E-state index is 6.22. The number of hydrogen-bond acceptors (Lipinski definition) is 3. The van der Waals surface area contributed by atoms with E-state index in [2.05, 4.69) is 70.0 Å². The quantitative estimate of drug-likeness (QED) is 0.176. The van der Waals surface area contributed by atoms with Crippen LogP contribution < -0.4 is 4.74 Å². The van der Waals surface area contributed by atoms with Gasteiger partial charge in [0.25, 0.3) is 0 Å². The van der Waals surface area contributed by atoms with Crippen molar-refractivity contribution in [1.82, 2.24) is 14.4 Å². The minimum atomic E-state index is 0. The molecule has 4 nitrogen and oxygen atoms in total. The smallest absolute Gasteiger partial charge is 0.497 e. The van der Waals surface area contributed by atoms with Crippen LogP contribution in [0.3, 0.4) is 0 Å². The van der Waals surface area contributed by atoms with Crippen LogP contribution in [0.2, 0.25) is 0 Å². The van der Waals surface area contributed by atoms with E-state index in [9.17, 15) is 0 Å². The summed E-state index contributed by atoms with van der Waals surface area (Å²) in [6, 6.07) is 41.6. The fourth-order valence-electron chi connectivity index (χ4n) is 5.51. The van der Waals surface area contributed by atoms with E-state index >= 15 is 0 Å². The average molecular weight is 681 g/mol. The molecule has 0 unspecified atom stereocenters. The minimum Gasteiger partial charge on any atom is -0.497 e. The number of nitrogens with zero attached hydrogens (tertiary/aromatic N) is 3. The van der Waals surface area contributed by atoms with Gasteiger partial charge < -0.3 is 19.1 Å². The second-order valence-electron chi connectivity index (χ2n) is 9.28. The van der Waals surface area contributed by atoms with Gasteiger partial charge in [-0.25, -0.2) is 0 Å². The third kappa shape index (κ3) is 3.71. The van der Waals surface area contributed by atoms with Gasteiger partial charge in [0.15, 0.2) is 0 Å². The molecular formula is C34H19N3OPt. The number of benzene rings is 4. The summed E-state index contributed by atoms with van der Waals surface area (Å²) in [5.74, 6) is 1.22. The van der Waals surface area contributed by atoms with E-state index in [1.807, 2.05) is 60.8 Å². The van der Waals surface area contributed by atoms with Gasteiger partial charge in [0.1, 0.15) is 0 Å². The first-order valence-corrected chi connectivity index (χ1v) is 12.5. The van der Waals surface area contributed by atoms with E-state index in [1.54, 1.807) is 6.20 Å². The van der Waals surface area contributed by atoms with Gasteiger partial charge in [-0.2, -0.15) is 0 Å². The molecule has 0 bridgehead atoms. The molecule has 186 valence electrons. The number of aromatic nitrogens is 3. The normalized spacial score (nSPS) is 11.4. The summed E-state index contributed by atoms with van der Waals surface area (Å²) in [6.45, 7) is 0. The van der Waals surface area contributed by atoms with Crippen LogP contribution in [-0.2, 0) is 21.1 Å². The summed E-state index contributed by atoms with van der Waals surface area (Å²) < 4.78 is 8.57. The Hall–Kier alpha value is -4.53. The molecule has 39 heavy (non-hydrogen) atoms. The molecule has 8 rings (SSSR count). The van der Waals surface area contributed by atoms with Crippen molar-refractivity contribution in [3.8, 4) is 34.0 Å². The molecule has 0 N–H and O–H groups in total. The molecule has 0 fully saturated rings. The standard InChI is InChI=1S/C34H19N3O.Pt/c1-2-16-31-26(12-1)27-13-7-14-28-29-17-19-36-32(34(29)37(31)33(27)28)23-9-6-11-25(21-23)38-24-10-5-8-22(20-24)30-15-3-4-18-35-30;/h1-19H;/q-2;+2. The van der Waals surface area contributed by atoms with Crippen LogP contribution in [0.5, 0.6) is 11.5 Å². The number of pyridine rings is 2. The van der Waals surface area contributed by atoms with Gasteiger partial charge in [-0.05, 0) is 23.9 Å². The Kier molecular flexibility index (Phi) is 5.64. The molecule has 0 amide bonds. The SMILES string of the molecule is [Pt+2].[c-]1c(Oc2[c-]c(-c3nccc4c5cccc6c7ccccc7n(c34)c65)ccc2)cccc1-c1ccccn1. The Morgan fingerprint density at radius 1 is 0.538 bits per heavy atom. The van der Waals surface area contributed by atoms with Crippen LogP contribution >= 0.6 is 0 Å². The molecule has 0 saturated carbocycles. The maximum Gasteiger partial charge on any atom is 2.00 e. The average Bonchev–Trinajstić information content (AvgIpc) is 3.50. The van der Waals surface area contributed by atoms with Crippen molar-refractivity contribution in [1.29, 1.82) is 0 Å². The van der Waals surface area contributed by atoms with Crippen LogP contribution in [-0.4, -0.2) is 14.4 Å². The summed E-state index contributed by atoms with van der Waals surface area (Å²) in [4.78, 5) is 9.28. The van der Waals surface area contributed by atoms with Gasteiger partial charge in [-0.1, -0.05) is 60.7 Å². The Morgan fingerprint density at radius 3 is 2.03 bits per heavy atom. The summed E-state index contributed by atoms with van der Waals surface area (Å²) in [5, 5.41) is 4.90. The Morgan fingerprint density at radius 2 is 1.21 bits per heavy atom. The molecule has 4 heterocycles. The van der Waals surface area contributed by atoms with Gasteiger partial charge >= 0.3 is 21.1 Å². The molecule has 8 aromatic rings. The number of rotatable bonds is 4. The van der Waals surface area contributed by atoms with Gasteiger partial charge in [0.05, 0.1) is 11.0 Å². The third-order valence-corrected chi connectivity index (χ3v) is 7.09. The topological polar surface area (TPSA) is 39.4 Å². The van der Waals surface area contributed by atoms with Crippen LogP contribution in [0.15, 0.2) is 116 Å². The van der Waals surface area contributed by atoms with Crippen molar-refractivity contribution in [3.05, 3.63) is 128 Å². The van der Waals surface area contributed by atoms with Crippen LogP contribution in [0, 0.1) is 12.1 Å². The second kappa shape index (κ2) is 9.34. The number of hydrogen-bond donors (Lipinski definition) is 0. The fourth-order valence-corrected chi connectivity index (χ4v) is 5.51. The third-order valence-electron chi connectivity index (χ3n) is 7.09. The van der Waals surface area contributed by atoms with E-state index in [0.717, 1.165) is 28.0 Å². The Labute approximate surface area is 239 Å². The molecule has 0 spiro atoms. The molecule has 4 aromatic heterocycles. The van der Waals surface area contributed by atoms with Crippen molar-refractivity contribution < 1.29 is 25.8 Å². The predicted octanol–water partition coefficient (Wildman–Crippen LogP) is 8.35. The minimum absolute atomic E-state index is 0. The maximum absolute atomic E-state index is 6.22. The summed E-state index contributed by atoms with van der Waals surface area (Å²) in [6.07, 6.45) is 3.66. The molecule has 0 aliphatic carbocycles. The van der Waals surface area contributed by atoms with E-state index in [-0.39, 0.29) is 21.1 Å². The monoisotopic (exact) mass is 680 g/mol. The van der Waals surface area contributed by atoms with E-state index in [4.69, 9.17) is 9.72 Å². The first kappa shape index (κ1) is 23.6. The van der Waals surface area contributed by atoms with Gasteiger partial charge in [0, 0.05) is 56.6 Å². The second-order valence-corrected chi connectivity index (χ2v) is 9.28. The Bertz CT molecular complexity index is 2120. The van der Waals surface area contributed by atoms with Crippen LogP contribution in [0.25, 0.3) is 60.6 Å². The van der Waals surface area contributed by atoms with Crippen molar-refractivity contribution in [2.45, 2.75) is 0 Å². The first-order chi connectivity index (χ1) is 18.8. The van der Waals surface area contributed by atoms with Crippen molar-refractivity contribution >= 4 is 38.1 Å². The van der Waals surface area contributed by atoms with Gasteiger partial charge in [-0.15, -0.1) is 47.5 Å².